The third kappa shape index (κ3) is 3.28. The molecule has 0 fully saturated rings. The van der Waals surface area contributed by atoms with E-state index in [0.717, 1.165) is 9.35 Å². The van der Waals surface area contributed by atoms with Gasteiger partial charge in [-0.3, -0.25) is 0 Å². The van der Waals surface area contributed by atoms with E-state index < -0.39 is 6.10 Å². The molecule has 0 spiro atoms. The van der Waals surface area contributed by atoms with Crippen LogP contribution in [-0.4, -0.2) is 5.11 Å². The lowest BCUT2D eigenvalue weighted by Crippen LogP contribution is -2.01. The molecule has 0 aliphatic carbocycles. The van der Waals surface area contributed by atoms with Crippen LogP contribution in [0.4, 0.5) is 4.39 Å². The van der Waals surface area contributed by atoms with Gasteiger partial charge in [0.1, 0.15) is 5.82 Å². The maximum absolute atomic E-state index is 13.5. The third-order valence-electron chi connectivity index (χ3n) is 2.34. The zero-order valence-corrected chi connectivity index (χ0v) is 11.8. The molecule has 5 heteroatoms. The summed E-state index contributed by atoms with van der Waals surface area (Å²) in [5.41, 5.74) is 0.483. The second-order valence-corrected chi connectivity index (χ2v) is 6.26. The molecular formula is C12H9BrClFOS. The third-order valence-corrected chi connectivity index (χ3v) is 4.17. The SMILES string of the molecule is OC(Cc1cc(Br)ccc1F)c1ccc(Cl)s1. The van der Waals surface area contributed by atoms with E-state index in [2.05, 4.69) is 15.9 Å². The van der Waals surface area contributed by atoms with Crippen LogP contribution >= 0.6 is 38.9 Å². The molecule has 0 radical (unpaired) electrons. The van der Waals surface area contributed by atoms with Crippen LogP contribution in [0.1, 0.15) is 16.5 Å². The normalized spacial score (nSPS) is 12.7. The smallest absolute Gasteiger partial charge is 0.126 e. The number of hydrogen-bond donors (Lipinski definition) is 1. The van der Waals surface area contributed by atoms with Crippen molar-refractivity contribution in [1.29, 1.82) is 0 Å². The summed E-state index contributed by atoms with van der Waals surface area (Å²) in [5.74, 6) is -0.310. The van der Waals surface area contributed by atoms with E-state index in [1.165, 1.54) is 17.4 Å². The first kappa shape index (κ1) is 13.0. The van der Waals surface area contributed by atoms with Gasteiger partial charge in [0.25, 0.3) is 0 Å². The summed E-state index contributed by atoms with van der Waals surface area (Å²) in [7, 11) is 0. The molecule has 0 saturated carbocycles. The van der Waals surface area contributed by atoms with Crippen LogP contribution in [-0.2, 0) is 6.42 Å². The van der Waals surface area contributed by atoms with Gasteiger partial charge in [0, 0.05) is 15.8 Å². The predicted molar refractivity (Wildman–Crippen MR) is 72.1 cm³/mol. The van der Waals surface area contributed by atoms with E-state index in [0.29, 0.717) is 9.90 Å². The summed E-state index contributed by atoms with van der Waals surface area (Å²) in [6.07, 6.45) is -0.487. The molecule has 1 unspecified atom stereocenters. The van der Waals surface area contributed by atoms with E-state index >= 15 is 0 Å². The average Bonchev–Trinajstić information content (AvgIpc) is 2.70. The fraction of sp³-hybridized carbons (Fsp3) is 0.167. The van der Waals surface area contributed by atoms with Crippen LogP contribution < -0.4 is 0 Å². The Kier molecular flexibility index (Phi) is 4.20. The maximum Gasteiger partial charge on any atom is 0.126 e. The Bertz CT molecular complexity index is 529. The highest BCUT2D eigenvalue weighted by atomic mass is 79.9. The Morgan fingerprint density at radius 3 is 2.76 bits per heavy atom. The summed E-state index contributed by atoms with van der Waals surface area (Å²) < 4.78 is 14.9. The fourth-order valence-electron chi connectivity index (χ4n) is 1.52. The lowest BCUT2D eigenvalue weighted by Gasteiger charge is -2.09. The van der Waals surface area contributed by atoms with Gasteiger partial charge in [0.15, 0.2) is 0 Å². The molecule has 1 aromatic heterocycles. The van der Waals surface area contributed by atoms with Crippen molar-refractivity contribution in [2.75, 3.05) is 0 Å². The lowest BCUT2D eigenvalue weighted by atomic mass is 10.1. The first-order chi connectivity index (χ1) is 8.06. The van der Waals surface area contributed by atoms with Gasteiger partial charge >= 0.3 is 0 Å². The van der Waals surface area contributed by atoms with E-state index in [9.17, 15) is 9.50 Å². The van der Waals surface area contributed by atoms with Crippen molar-refractivity contribution in [2.24, 2.45) is 0 Å². The molecule has 0 aliphatic rings. The topological polar surface area (TPSA) is 20.2 Å². The van der Waals surface area contributed by atoms with Crippen LogP contribution in [0, 0.1) is 5.82 Å². The second-order valence-electron chi connectivity index (χ2n) is 3.60. The van der Waals surface area contributed by atoms with Crippen molar-refractivity contribution in [1.82, 2.24) is 0 Å². The summed E-state index contributed by atoms with van der Waals surface area (Å²) in [4.78, 5) is 0.745. The minimum Gasteiger partial charge on any atom is -0.387 e. The zero-order chi connectivity index (χ0) is 12.4. The molecule has 90 valence electrons. The van der Waals surface area contributed by atoms with Crippen LogP contribution in [0.15, 0.2) is 34.8 Å². The Balaban J connectivity index is 2.18. The van der Waals surface area contributed by atoms with Gasteiger partial charge in [-0.15, -0.1) is 11.3 Å². The molecule has 0 bridgehead atoms. The predicted octanol–water partition coefficient (Wildman–Crippen LogP) is 4.58. The molecule has 0 amide bonds. The van der Waals surface area contributed by atoms with E-state index in [-0.39, 0.29) is 12.2 Å². The van der Waals surface area contributed by atoms with Crippen molar-refractivity contribution in [2.45, 2.75) is 12.5 Å². The molecular weight excluding hydrogens is 327 g/mol. The minimum absolute atomic E-state index is 0.238. The van der Waals surface area contributed by atoms with Crippen molar-refractivity contribution in [3.8, 4) is 0 Å². The second kappa shape index (κ2) is 5.48. The van der Waals surface area contributed by atoms with Crippen molar-refractivity contribution in [3.63, 3.8) is 0 Å². The van der Waals surface area contributed by atoms with Crippen LogP contribution in [0.25, 0.3) is 0 Å². The molecule has 0 aliphatic heterocycles. The Morgan fingerprint density at radius 1 is 1.35 bits per heavy atom. The summed E-state index contributed by atoms with van der Waals surface area (Å²) in [5, 5.41) is 9.97. The van der Waals surface area contributed by atoms with E-state index in [1.807, 2.05) is 0 Å². The zero-order valence-electron chi connectivity index (χ0n) is 8.66. The molecule has 1 nitrogen and oxygen atoms in total. The van der Waals surface area contributed by atoms with Gasteiger partial charge in [-0.25, -0.2) is 4.39 Å². The molecule has 1 atom stereocenters. The average molecular weight is 336 g/mol. The Hall–Kier alpha value is -0.420. The highest BCUT2D eigenvalue weighted by Gasteiger charge is 2.13. The molecule has 0 saturated heterocycles. The number of aliphatic hydroxyl groups excluding tert-OH is 1. The molecule has 2 aromatic rings. The van der Waals surface area contributed by atoms with Gasteiger partial charge in [0.05, 0.1) is 10.4 Å². The van der Waals surface area contributed by atoms with E-state index in [4.69, 9.17) is 11.6 Å². The number of thiophene rings is 1. The quantitative estimate of drug-likeness (QED) is 0.870. The Labute approximate surface area is 116 Å². The van der Waals surface area contributed by atoms with Crippen LogP contribution in [0.3, 0.4) is 0 Å². The standard InChI is InChI=1S/C12H9BrClFOS/c13-8-1-2-9(15)7(5-8)6-10(16)11-3-4-12(14)17-11/h1-5,10,16H,6H2. The van der Waals surface area contributed by atoms with Crippen molar-refractivity contribution < 1.29 is 9.50 Å². The van der Waals surface area contributed by atoms with E-state index in [1.54, 1.807) is 24.3 Å². The summed E-state index contributed by atoms with van der Waals surface area (Å²) in [6.45, 7) is 0. The molecule has 1 heterocycles. The number of benzene rings is 1. The van der Waals surface area contributed by atoms with Gasteiger partial charge in [-0.1, -0.05) is 27.5 Å². The van der Waals surface area contributed by atoms with Gasteiger partial charge in [-0.05, 0) is 35.9 Å². The molecule has 1 N–H and O–H groups in total. The highest BCUT2D eigenvalue weighted by Crippen LogP contribution is 2.29. The number of hydrogen-bond acceptors (Lipinski definition) is 2. The molecule has 17 heavy (non-hydrogen) atoms. The molecule has 2 rings (SSSR count). The minimum atomic E-state index is -0.726. The Morgan fingerprint density at radius 2 is 2.12 bits per heavy atom. The van der Waals surface area contributed by atoms with Crippen LogP contribution in [0.5, 0.6) is 0 Å². The summed E-state index contributed by atoms with van der Waals surface area (Å²) in [6, 6.07) is 8.17. The maximum atomic E-state index is 13.5. The number of rotatable bonds is 3. The van der Waals surface area contributed by atoms with Gasteiger partial charge < -0.3 is 5.11 Å². The lowest BCUT2D eigenvalue weighted by molar-refractivity contribution is 0.181. The number of aliphatic hydroxyl groups is 1. The largest absolute Gasteiger partial charge is 0.387 e. The first-order valence-electron chi connectivity index (χ1n) is 4.93. The number of halogens is 3. The van der Waals surface area contributed by atoms with Crippen LogP contribution in [0.2, 0.25) is 4.34 Å². The van der Waals surface area contributed by atoms with Gasteiger partial charge in [0.2, 0.25) is 0 Å². The molecule has 1 aromatic carbocycles. The van der Waals surface area contributed by atoms with Crippen molar-refractivity contribution in [3.05, 3.63) is 55.4 Å². The summed E-state index contributed by atoms with van der Waals surface area (Å²) >= 11 is 10.4. The fourth-order valence-corrected chi connectivity index (χ4v) is 2.97. The van der Waals surface area contributed by atoms with Crippen molar-refractivity contribution >= 4 is 38.9 Å². The van der Waals surface area contributed by atoms with Gasteiger partial charge in [-0.2, -0.15) is 0 Å². The first-order valence-corrected chi connectivity index (χ1v) is 6.92. The highest BCUT2D eigenvalue weighted by molar-refractivity contribution is 9.10. The monoisotopic (exact) mass is 334 g/mol.